The molecule has 0 aliphatic carbocycles. The third-order valence-corrected chi connectivity index (χ3v) is 6.38. The number of rotatable bonds is 5. The number of anilines is 1. The molecule has 1 atom stereocenters. The molecule has 3 rings (SSSR count). The smallest absolute Gasteiger partial charge is 0.259 e. The minimum atomic E-state index is -0.333. The van der Waals surface area contributed by atoms with Crippen molar-refractivity contribution in [1.29, 1.82) is 0 Å². The number of aryl methyl sites for hydroxylation is 2. The Morgan fingerprint density at radius 3 is 2.88 bits per heavy atom. The van der Waals surface area contributed by atoms with Gasteiger partial charge in [0.25, 0.3) is 5.56 Å². The van der Waals surface area contributed by atoms with E-state index in [-0.39, 0.29) is 16.7 Å². The number of carbonyl (C=O) groups excluding carboxylic acids is 1. The number of halogens is 1. The highest BCUT2D eigenvalue weighted by Crippen LogP contribution is 2.26. The number of carbonyl (C=O) groups is 1. The van der Waals surface area contributed by atoms with Crippen molar-refractivity contribution in [2.45, 2.75) is 31.8 Å². The summed E-state index contributed by atoms with van der Waals surface area (Å²) in [6.45, 7) is 5.70. The molecule has 0 aliphatic heterocycles. The number of pyridine rings is 1. The van der Waals surface area contributed by atoms with E-state index in [0.717, 1.165) is 15.3 Å². The Morgan fingerprint density at radius 2 is 2.19 bits per heavy atom. The van der Waals surface area contributed by atoms with Crippen molar-refractivity contribution in [2.75, 3.05) is 5.32 Å². The van der Waals surface area contributed by atoms with Crippen LogP contribution in [0.4, 0.5) is 5.82 Å². The third kappa shape index (κ3) is 4.08. The molecule has 2 N–H and O–H groups in total. The summed E-state index contributed by atoms with van der Waals surface area (Å²) in [4.78, 5) is 37.7. The molecule has 3 heterocycles. The summed E-state index contributed by atoms with van der Waals surface area (Å²) in [6.07, 6.45) is 1.48. The number of thiophene rings is 1. The first kappa shape index (κ1) is 18.9. The summed E-state index contributed by atoms with van der Waals surface area (Å²) in [6, 6.07) is 3.31. The van der Waals surface area contributed by atoms with Crippen molar-refractivity contribution in [3.05, 3.63) is 50.0 Å². The van der Waals surface area contributed by atoms with Gasteiger partial charge in [-0.3, -0.25) is 9.59 Å². The van der Waals surface area contributed by atoms with Crippen LogP contribution in [0.2, 0.25) is 5.02 Å². The Labute approximate surface area is 163 Å². The molecule has 136 valence electrons. The van der Waals surface area contributed by atoms with Gasteiger partial charge in [-0.2, -0.15) is 0 Å². The summed E-state index contributed by atoms with van der Waals surface area (Å²) < 4.78 is 0. The Morgan fingerprint density at radius 1 is 1.42 bits per heavy atom. The van der Waals surface area contributed by atoms with Crippen LogP contribution >= 0.6 is 34.7 Å². The monoisotopic (exact) mass is 408 g/mol. The van der Waals surface area contributed by atoms with Crippen LogP contribution in [-0.2, 0) is 10.5 Å². The highest BCUT2D eigenvalue weighted by atomic mass is 35.5. The Kier molecular flexibility index (Phi) is 5.64. The quantitative estimate of drug-likeness (QED) is 0.668. The summed E-state index contributed by atoms with van der Waals surface area (Å²) >= 11 is 8.69. The molecule has 1 amide bonds. The van der Waals surface area contributed by atoms with Gasteiger partial charge in [0.05, 0.1) is 21.4 Å². The summed E-state index contributed by atoms with van der Waals surface area (Å²) in [5, 5.41) is 3.57. The SMILES string of the molecule is Cc1sc2nc(CS[C@@H](C)C(=O)Nc3ccc(Cl)cn3)[nH]c(=O)c2c1C. The van der Waals surface area contributed by atoms with Gasteiger partial charge in [0, 0.05) is 11.1 Å². The van der Waals surface area contributed by atoms with E-state index in [9.17, 15) is 9.59 Å². The predicted octanol–water partition coefficient (Wildman–Crippen LogP) is 3.91. The number of hydrogen-bond acceptors (Lipinski definition) is 6. The molecule has 0 spiro atoms. The van der Waals surface area contributed by atoms with Crippen molar-refractivity contribution in [1.82, 2.24) is 15.0 Å². The highest BCUT2D eigenvalue weighted by Gasteiger charge is 2.16. The van der Waals surface area contributed by atoms with Gasteiger partial charge in [-0.1, -0.05) is 11.6 Å². The molecule has 0 saturated carbocycles. The van der Waals surface area contributed by atoms with E-state index >= 15 is 0 Å². The number of hydrogen-bond donors (Lipinski definition) is 2. The van der Waals surface area contributed by atoms with Crippen LogP contribution in [0, 0.1) is 13.8 Å². The standard InChI is InChI=1S/C17H17ClN4O2S2/c1-8-9(2)26-17-14(8)16(24)21-13(22-17)7-25-10(3)15(23)20-12-5-4-11(18)6-19-12/h4-6,10H,7H2,1-3H3,(H,19,20,23)(H,21,22,24)/t10-/m0/s1. The maximum atomic E-state index is 12.3. The van der Waals surface area contributed by atoms with E-state index in [1.165, 1.54) is 29.3 Å². The maximum Gasteiger partial charge on any atom is 0.259 e. The number of amides is 1. The highest BCUT2D eigenvalue weighted by molar-refractivity contribution is 7.99. The van der Waals surface area contributed by atoms with Gasteiger partial charge in [-0.15, -0.1) is 23.1 Å². The lowest BCUT2D eigenvalue weighted by Crippen LogP contribution is -2.23. The lowest BCUT2D eigenvalue weighted by molar-refractivity contribution is -0.115. The van der Waals surface area contributed by atoms with Crippen LogP contribution < -0.4 is 10.9 Å². The van der Waals surface area contributed by atoms with Gasteiger partial charge in [0.15, 0.2) is 0 Å². The zero-order valence-corrected chi connectivity index (χ0v) is 16.8. The van der Waals surface area contributed by atoms with Crippen molar-refractivity contribution in [3.63, 3.8) is 0 Å². The molecule has 26 heavy (non-hydrogen) atoms. The first-order chi connectivity index (χ1) is 12.3. The van der Waals surface area contributed by atoms with Gasteiger partial charge >= 0.3 is 0 Å². The second-order valence-corrected chi connectivity index (χ2v) is 8.75. The van der Waals surface area contributed by atoms with Crippen LogP contribution in [-0.4, -0.2) is 26.1 Å². The lowest BCUT2D eigenvalue weighted by Gasteiger charge is -2.11. The van der Waals surface area contributed by atoms with Gasteiger partial charge in [0.1, 0.15) is 16.5 Å². The molecule has 3 aromatic rings. The van der Waals surface area contributed by atoms with E-state index in [1.807, 2.05) is 13.8 Å². The summed E-state index contributed by atoms with van der Waals surface area (Å²) in [5.74, 6) is 1.28. The number of aromatic amines is 1. The molecule has 0 radical (unpaired) electrons. The summed E-state index contributed by atoms with van der Waals surface area (Å²) in [7, 11) is 0. The molecule has 0 fully saturated rings. The van der Waals surface area contributed by atoms with Crippen LogP contribution in [0.3, 0.4) is 0 Å². The van der Waals surface area contributed by atoms with Crippen molar-refractivity contribution >= 4 is 56.6 Å². The van der Waals surface area contributed by atoms with Gasteiger partial charge in [0.2, 0.25) is 5.91 Å². The van der Waals surface area contributed by atoms with Gasteiger partial charge < -0.3 is 10.3 Å². The van der Waals surface area contributed by atoms with E-state index in [0.29, 0.717) is 27.8 Å². The first-order valence-corrected chi connectivity index (χ1v) is 10.1. The van der Waals surface area contributed by atoms with Crippen molar-refractivity contribution < 1.29 is 4.79 Å². The topological polar surface area (TPSA) is 87.7 Å². The molecule has 0 saturated heterocycles. The largest absolute Gasteiger partial charge is 0.310 e. The fourth-order valence-electron chi connectivity index (χ4n) is 2.32. The fraction of sp³-hybridized carbons (Fsp3) is 0.294. The van der Waals surface area contributed by atoms with Crippen LogP contribution in [0.15, 0.2) is 23.1 Å². The minimum Gasteiger partial charge on any atom is -0.310 e. The Hall–Kier alpha value is -1.90. The number of nitrogens with one attached hydrogen (secondary N) is 2. The van der Waals surface area contributed by atoms with E-state index in [4.69, 9.17) is 11.6 Å². The molecule has 9 heteroatoms. The molecular formula is C17H17ClN4O2S2. The van der Waals surface area contributed by atoms with E-state index in [1.54, 1.807) is 19.1 Å². The average molecular weight is 409 g/mol. The third-order valence-electron chi connectivity index (χ3n) is 3.91. The minimum absolute atomic E-state index is 0.130. The number of aromatic nitrogens is 3. The zero-order valence-electron chi connectivity index (χ0n) is 14.4. The normalized spacial score (nSPS) is 12.3. The Balaban J connectivity index is 1.66. The Bertz CT molecular complexity index is 1010. The average Bonchev–Trinajstić information content (AvgIpc) is 2.89. The lowest BCUT2D eigenvalue weighted by atomic mass is 10.2. The van der Waals surface area contributed by atoms with E-state index in [2.05, 4.69) is 20.3 Å². The number of thioether (sulfide) groups is 1. The molecule has 3 aromatic heterocycles. The molecular weight excluding hydrogens is 392 g/mol. The number of nitrogens with zero attached hydrogens (tertiary/aromatic N) is 2. The molecule has 0 aliphatic rings. The fourth-order valence-corrected chi connectivity index (χ4v) is 4.24. The predicted molar refractivity (Wildman–Crippen MR) is 108 cm³/mol. The summed E-state index contributed by atoms with van der Waals surface area (Å²) in [5.41, 5.74) is 0.844. The number of fused-ring (bicyclic) bond motifs is 1. The van der Waals surface area contributed by atoms with Crippen LogP contribution in [0.25, 0.3) is 10.2 Å². The van der Waals surface area contributed by atoms with Gasteiger partial charge in [-0.05, 0) is 38.5 Å². The van der Waals surface area contributed by atoms with Gasteiger partial charge in [-0.25, -0.2) is 9.97 Å². The van der Waals surface area contributed by atoms with Crippen molar-refractivity contribution in [2.24, 2.45) is 0 Å². The number of H-pyrrole nitrogens is 1. The molecule has 0 aromatic carbocycles. The maximum absolute atomic E-state index is 12.3. The zero-order chi connectivity index (χ0) is 18.8. The molecule has 0 bridgehead atoms. The van der Waals surface area contributed by atoms with Crippen LogP contribution in [0.5, 0.6) is 0 Å². The van der Waals surface area contributed by atoms with E-state index < -0.39 is 0 Å². The molecule has 0 unspecified atom stereocenters. The van der Waals surface area contributed by atoms with Crippen LogP contribution in [0.1, 0.15) is 23.2 Å². The molecule has 6 nitrogen and oxygen atoms in total. The second-order valence-electron chi connectivity index (χ2n) is 5.78. The second kappa shape index (κ2) is 7.77. The van der Waals surface area contributed by atoms with Crippen molar-refractivity contribution in [3.8, 4) is 0 Å². The first-order valence-electron chi connectivity index (χ1n) is 7.88.